The molecule has 0 unspecified atom stereocenters. The fourth-order valence-corrected chi connectivity index (χ4v) is 5.02. The number of hydrogen-bond donors (Lipinski definition) is 0. The molecule has 1 amide bonds. The third-order valence-corrected chi connectivity index (χ3v) is 6.57. The monoisotopic (exact) mass is 419 g/mol. The van der Waals surface area contributed by atoms with Crippen LogP contribution in [0.2, 0.25) is 0 Å². The van der Waals surface area contributed by atoms with E-state index < -0.39 is 11.6 Å². The van der Waals surface area contributed by atoms with E-state index in [9.17, 15) is 13.6 Å². The Hall–Kier alpha value is -2.19. The highest BCUT2D eigenvalue weighted by Gasteiger charge is 2.24. The van der Waals surface area contributed by atoms with Gasteiger partial charge in [0.25, 0.3) is 5.91 Å². The minimum absolute atomic E-state index is 0.0237. The number of halogens is 2. The number of benzene rings is 2. The molecule has 8 heteroatoms. The number of carbonyl (C=O) groups is 1. The van der Waals surface area contributed by atoms with Gasteiger partial charge < -0.3 is 9.80 Å². The predicted octanol–water partition coefficient (Wildman–Crippen LogP) is 4.65. The van der Waals surface area contributed by atoms with Crippen molar-refractivity contribution in [2.45, 2.75) is 11.8 Å². The molecule has 0 saturated carbocycles. The molecule has 28 heavy (non-hydrogen) atoms. The number of fused-ring (bicyclic) bond motifs is 1. The normalized spacial score (nSPS) is 14.7. The van der Waals surface area contributed by atoms with E-state index in [1.165, 1.54) is 17.4 Å². The number of piperazine rings is 1. The Morgan fingerprint density at radius 2 is 1.96 bits per heavy atom. The Labute approximate surface area is 170 Å². The number of anilines is 1. The zero-order valence-electron chi connectivity index (χ0n) is 15.3. The summed E-state index contributed by atoms with van der Waals surface area (Å²) in [5, 5.41) is 0.660. The predicted molar refractivity (Wildman–Crippen MR) is 110 cm³/mol. The van der Waals surface area contributed by atoms with Gasteiger partial charge in [0, 0.05) is 42.7 Å². The Kier molecular flexibility index (Phi) is 5.50. The van der Waals surface area contributed by atoms with Crippen LogP contribution in [0.4, 0.5) is 13.9 Å². The molecule has 1 aliphatic rings. The summed E-state index contributed by atoms with van der Waals surface area (Å²) < 4.78 is 27.8. The average Bonchev–Trinajstić information content (AvgIpc) is 3.12. The molecule has 2 aromatic carbocycles. The minimum Gasteiger partial charge on any atom is -0.345 e. The number of aromatic nitrogens is 1. The fraction of sp³-hybridized carbons (Fsp3) is 0.300. The summed E-state index contributed by atoms with van der Waals surface area (Å²) in [4.78, 5) is 22.1. The Morgan fingerprint density at radius 1 is 1.18 bits per heavy atom. The first-order valence-electron chi connectivity index (χ1n) is 9.08. The molecule has 0 spiro atoms. The van der Waals surface area contributed by atoms with Crippen LogP contribution in [0, 0.1) is 11.6 Å². The molecule has 0 radical (unpaired) electrons. The van der Waals surface area contributed by atoms with Crippen molar-refractivity contribution in [1.82, 2.24) is 9.88 Å². The van der Waals surface area contributed by atoms with Crippen LogP contribution in [-0.4, -0.2) is 47.7 Å². The quantitative estimate of drug-likeness (QED) is 0.577. The van der Waals surface area contributed by atoms with Crippen LogP contribution in [0.1, 0.15) is 17.3 Å². The topological polar surface area (TPSA) is 36.4 Å². The lowest BCUT2D eigenvalue weighted by Gasteiger charge is -2.34. The van der Waals surface area contributed by atoms with Gasteiger partial charge in [-0.1, -0.05) is 24.3 Å². The highest BCUT2D eigenvalue weighted by molar-refractivity contribution is 7.99. The second-order valence-corrected chi connectivity index (χ2v) is 8.82. The molecule has 0 atom stereocenters. The highest BCUT2D eigenvalue weighted by atomic mass is 32.2. The molecule has 3 aromatic rings. The Morgan fingerprint density at radius 3 is 2.71 bits per heavy atom. The van der Waals surface area contributed by atoms with Gasteiger partial charge in [0.2, 0.25) is 0 Å². The third-order valence-electron chi connectivity index (χ3n) is 4.63. The summed E-state index contributed by atoms with van der Waals surface area (Å²) >= 11 is 2.99. The van der Waals surface area contributed by atoms with Crippen molar-refractivity contribution >= 4 is 44.4 Å². The number of nitrogens with zero attached hydrogens (tertiary/aromatic N) is 3. The standard InChI is InChI=1S/C20H19F2N3OS2/c1-2-27-15-5-3-4-13(10-15)19(26)24-6-8-25(9-7-24)20-23-18-16(22)11-14(21)12-17(18)28-20/h3-5,10-12H,2,6-9H2,1H3. The van der Waals surface area contributed by atoms with Gasteiger partial charge in [-0.3, -0.25) is 4.79 Å². The first kappa shape index (κ1) is 19.1. The van der Waals surface area contributed by atoms with Crippen LogP contribution in [0.3, 0.4) is 0 Å². The largest absolute Gasteiger partial charge is 0.345 e. The summed E-state index contributed by atoms with van der Waals surface area (Å²) in [5.74, 6) is -0.256. The molecule has 1 fully saturated rings. The maximum Gasteiger partial charge on any atom is 0.254 e. The molecule has 1 aliphatic heterocycles. The van der Waals surface area contributed by atoms with Crippen molar-refractivity contribution in [3.05, 3.63) is 53.6 Å². The van der Waals surface area contributed by atoms with E-state index in [0.717, 1.165) is 16.7 Å². The SMILES string of the molecule is CCSc1cccc(C(=O)N2CCN(c3nc4c(F)cc(F)cc4s3)CC2)c1. The molecule has 1 aromatic heterocycles. The number of rotatable bonds is 4. The van der Waals surface area contributed by atoms with Crippen molar-refractivity contribution in [2.24, 2.45) is 0 Å². The lowest BCUT2D eigenvalue weighted by atomic mass is 10.2. The summed E-state index contributed by atoms with van der Waals surface area (Å²) in [6, 6.07) is 9.87. The minimum atomic E-state index is -0.642. The van der Waals surface area contributed by atoms with Crippen LogP contribution in [-0.2, 0) is 0 Å². The van der Waals surface area contributed by atoms with E-state index in [2.05, 4.69) is 11.9 Å². The van der Waals surface area contributed by atoms with E-state index >= 15 is 0 Å². The van der Waals surface area contributed by atoms with Crippen LogP contribution in [0.25, 0.3) is 10.2 Å². The molecular weight excluding hydrogens is 400 g/mol. The van der Waals surface area contributed by atoms with Crippen molar-refractivity contribution in [1.29, 1.82) is 0 Å². The van der Waals surface area contributed by atoms with E-state index in [1.807, 2.05) is 34.1 Å². The molecular formula is C20H19F2N3OS2. The average molecular weight is 420 g/mol. The van der Waals surface area contributed by atoms with Gasteiger partial charge in [-0.05, 0) is 30.0 Å². The zero-order chi connectivity index (χ0) is 19.7. The molecule has 1 saturated heterocycles. The summed E-state index contributed by atoms with van der Waals surface area (Å²) in [7, 11) is 0. The van der Waals surface area contributed by atoms with Crippen LogP contribution < -0.4 is 4.90 Å². The first-order valence-corrected chi connectivity index (χ1v) is 10.9. The lowest BCUT2D eigenvalue weighted by molar-refractivity contribution is 0.0746. The fourth-order valence-electron chi connectivity index (χ4n) is 3.25. The van der Waals surface area contributed by atoms with Gasteiger partial charge in [0.1, 0.15) is 11.3 Å². The van der Waals surface area contributed by atoms with E-state index in [-0.39, 0.29) is 11.4 Å². The number of thioether (sulfide) groups is 1. The summed E-state index contributed by atoms with van der Waals surface area (Å²) in [6.07, 6.45) is 0. The van der Waals surface area contributed by atoms with Gasteiger partial charge in [-0.25, -0.2) is 13.8 Å². The van der Waals surface area contributed by atoms with Gasteiger partial charge >= 0.3 is 0 Å². The molecule has 0 N–H and O–H groups in total. The van der Waals surface area contributed by atoms with Gasteiger partial charge in [-0.15, -0.1) is 11.8 Å². The van der Waals surface area contributed by atoms with Crippen molar-refractivity contribution in [3.8, 4) is 0 Å². The smallest absolute Gasteiger partial charge is 0.254 e. The van der Waals surface area contributed by atoms with E-state index in [4.69, 9.17) is 0 Å². The van der Waals surface area contributed by atoms with E-state index in [1.54, 1.807) is 11.8 Å². The maximum atomic E-state index is 13.9. The third kappa shape index (κ3) is 3.84. The lowest BCUT2D eigenvalue weighted by Crippen LogP contribution is -2.48. The summed E-state index contributed by atoms with van der Waals surface area (Å²) in [5.41, 5.74) is 0.898. The maximum absolute atomic E-state index is 13.9. The molecule has 4 rings (SSSR count). The van der Waals surface area contributed by atoms with E-state index in [0.29, 0.717) is 41.6 Å². The Bertz CT molecular complexity index is 1020. The molecule has 0 bridgehead atoms. The van der Waals surface area contributed by atoms with Crippen molar-refractivity contribution < 1.29 is 13.6 Å². The van der Waals surface area contributed by atoms with Crippen LogP contribution in [0.5, 0.6) is 0 Å². The zero-order valence-corrected chi connectivity index (χ0v) is 17.0. The van der Waals surface area contributed by atoms with Crippen molar-refractivity contribution in [2.75, 3.05) is 36.8 Å². The summed E-state index contributed by atoms with van der Waals surface area (Å²) in [6.45, 7) is 4.44. The van der Waals surface area contributed by atoms with Gasteiger partial charge in [0.05, 0.1) is 4.70 Å². The van der Waals surface area contributed by atoms with Gasteiger partial charge in [-0.2, -0.15) is 0 Å². The van der Waals surface area contributed by atoms with Crippen LogP contribution >= 0.6 is 23.1 Å². The molecule has 146 valence electrons. The van der Waals surface area contributed by atoms with Gasteiger partial charge in [0.15, 0.2) is 10.9 Å². The molecule has 4 nitrogen and oxygen atoms in total. The second kappa shape index (κ2) is 8.05. The second-order valence-electron chi connectivity index (χ2n) is 6.47. The number of hydrogen-bond acceptors (Lipinski definition) is 5. The Balaban J connectivity index is 1.45. The highest BCUT2D eigenvalue weighted by Crippen LogP contribution is 2.31. The number of carbonyl (C=O) groups excluding carboxylic acids is 1. The van der Waals surface area contributed by atoms with Crippen LogP contribution in [0.15, 0.2) is 41.3 Å². The number of amides is 1. The number of thiazole rings is 1. The molecule has 2 heterocycles. The molecule has 0 aliphatic carbocycles. The first-order chi connectivity index (χ1) is 13.5. The van der Waals surface area contributed by atoms with Crippen molar-refractivity contribution in [3.63, 3.8) is 0 Å².